The van der Waals surface area contributed by atoms with Crippen molar-refractivity contribution in [3.05, 3.63) is 43.0 Å². The van der Waals surface area contributed by atoms with Gasteiger partial charge in [0.2, 0.25) is 0 Å². The Morgan fingerprint density at radius 2 is 2.20 bits per heavy atom. The van der Waals surface area contributed by atoms with Crippen LogP contribution in [0.2, 0.25) is 0 Å². The molecule has 2 N–H and O–H groups in total. The van der Waals surface area contributed by atoms with E-state index < -0.39 is 49.5 Å². The quantitative estimate of drug-likeness (QED) is 0.195. The molecule has 2 rings (SSSR count). The first-order valence-corrected chi connectivity index (χ1v) is 10.6. The minimum absolute atomic E-state index is 0.0614. The van der Waals surface area contributed by atoms with E-state index in [1.807, 2.05) is 0 Å². The molecule has 1 aromatic rings. The highest BCUT2D eigenvalue weighted by Gasteiger charge is 2.41. The molecule has 30 heavy (non-hydrogen) atoms. The Labute approximate surface area is 171 Å². The molecule has 1 fully saturated rings. The van der Waals surface area contributed by atoms with Gasteiger partial charge in [-0.05, 0) is 19.4 Å². The van der Waals surface area contributed by atoms with Crippen LogP contribution in [-0.2, 0) is 13.8 Å². The Balaban J connectivity index is 2.19. The molecule has 2 heterocycles. The second-order valence-corrected chi connectivity index (χ2v) is 8.46. The number of hydrogen-bond donors (Lipinski definition) is 2. The van der Waals surface area contributed by atoms with Crippen LogP contribution in [0.4, 0.5) is 4.79 Å². The Morgan fingerprint density at radius 3 is 2.77 bits per heavy atom. The van der Waals surface area contributed by atoms with E-state index in [0.717, 1.165) is 9.58 Å². The number of hydrogen-bond acceptors (Lipinski definition) is 8. The molecule has 1 amide bonds. The summed E-state index contributed by atoms with van der Waals surface area (Å²) >= 11 is 0. The van der Waals surface area contributed by atoms with Crippen molar-refractivity contribution in [3.63, 3.8) is 0 Å². The van der Waals surface area contributed by atoms with E-state index in [1.54, 1.807) is 6.92 Å². The second kappa shape index (κ2) is 9.56. The number of H-pyrrole nitrogens is 1. The number of ether oxygens (including phenoxy) is 1. The van der Waals surface area contributed by atoms with Crippen molar-refractivity contribution < 1.29 is 23.5 Å². The fourth-order valence-electron chi connectivity index (χ4n) is 2.99. The monoisotopic (exact) mass is 445 g/mol. The molecule has 4 atom stereocenters. The minimum atomic E-state index is -4.71. The number of carbonyl (C=O) groups excluding carboxylic acids is 1. The summed E-state index contributed by atoms with van der Waals surface area (Å²) in [7, 11) is -1.64. The molecule has 0 bridgehead atoms. The van der Waals surface area contributed by atoms with Gasteiger partial charge in [-0.15, -0.1) is 0 Å². The van der Waals surface area contributed by atoms with Crippen molar-refractivity contribution in [2.75, 3.05) is 27.2 Å². The van der Waals surface area contributed by atoms with E-state index >= 15 is 0 Å². The van der Waals surface area contributed by atoms with Crippen molar-refractivity contribution in [1.82, 2.24) is 19.6 Å². The van der Waals surface area contributed by atoms with Gasteiger partial charge in [0.15, 0.2) is 0 Å². The molecule has 0 aromatic carbocycles. The number of aromatic amines is 1. The molecule has 15 heteroatoms. The smallest absolute Gasteiger partial charge is 0.352 e. The number of hydrazine groups is 1. The fourth-order valence-corrected chi connectivity index (χ4v) is 4.06. The summed E-state index contributed by atoms with van der Waals surface area (Å²) in [6.45, 7) is 2.76. The Kier molecular flexibility index (Phi) is 7.59. The van der Waals surface area contributed by atoms with Crippen molar-refractivity contribution in [2.24, 2.45) is 5.11 Å². The van der Waals surface area contributed by atoms with E-state index in [0.29, 0.717) is 0 Å². The maximum Gasteiger partial charge on any atom is 0.417 e. The molecule has 0 aliphatic carbocycles. The largest absolute Gasteiger partial charge is 0.417 e. The predicted octanol–water partition coefficient (Wildman–Crippen LogP) is 0.932. The van der Waals surface area contributed by atoms with Crippen LogP contribution in [0.1, 0.15) is 25.1 Å². The number of aryl methyl sites for hydroxylation is 1. The number of azide groups is 1. The van der Waals surface area contributed by atoms with Crippen LogP contribution in [0.25, 0.3) is 10.4 Å². The molecule has 1 aliphatic rings. The van der Waals surface area contributed by atoms with Gasteiger partial charge in [-0.1, -0.05) is 5.11 Å². The lowest BCUT2D eigenvalue weighted by Gasteiger charge is -2.29. The number of amides is 1. The van der Waals surface area contributed by atoms with Crippen LogP contribution < -0.4 is 11.2 Å². The first-order valence-electron chi connectivity index (χ1n) is 9.00. The summed E-state index contributed by atoms with van der Waals surface area (Å²) in [6.07, 6.45) is -0.530. The third-order valence-corrected chi connectivity index (χ3v) is 5.73. The highest BCUT2D eigenvalue weighted by molar-refractivity contribution is 7.70. The summed E-state index contributed by atoms with van der Waals surface area (Å²) in [4.78, 5) is 50.9. The van der Waals surface area contributed by atoms with Gasteiger partial charge in [0.05, 0.1) is 18.8 Å². The standard InChI is InChI=1S/C15H24N7O7P/c1-5-22(20(3)4)15(25)30(26,27)28-8-11-10(18-19-16)6-12(29-11)21-7-9(2)13(23)17-14(21)24/h7,10-12H,5-6,8H2,1-4H3,(H,26,27)(H,17,23,24)/t10-,11+,12+/m0/s1. The van der Waals surface area contributed by atoms with E-state index in [9.17, 15) is 23.8 Å². The van der Waals surface area contributed by atoms with Crippen LogP contribution in [0.3, 0.4) is 0 Å². The van der Waals surface area contributed by atoms with Crippen LogP contribution >= 0.6 is 7.60 Å². The molecule has 1 aliphatic heterocycles. The van der Waals surface area contributed by atoms with Crippen molar-refractivity contribution in [3.8, 4) is 0 Å². The average Bonchev–Trinajstić information content (AvgIpc) is 3.06. The van der Waals surface area contributed by atoms with Gasteiger partial charge >= 0.3 is 18.9 Å². The molecule has 1 unspecified atom stereocenters. The van der Waals surface area contributed by atoms with Gasteiger partial charge in [-0.2, -0.15) is 0 Å². The first-order chi connectivity index (χ1) is 14.0. The van der Waals surface area contributed by atoms with Gasteiger partial charge in [0.25, 0.3) is 5.56 Å². The van der Waals surface area contributed by atoms with Gasteiger partial charge in [-0.25, -0.2) is 14.4 Å². The molecule has 1 aromatic heterocycles. The zero-order chi connectivity index (χ0) is 22.6. The summed E-state index contributed by atoms with van der Waals surface area (Å²) in [5.41, 5.74) is 6.69. The normalized spacial score (nSPS) is 23.1. The van der Waals surface area contributed by atoms with Gasteiger partial charge in [-0.3, -0.25) is 28.7 Å². The minimum Gasteiger partial charge on any atom is -0.352 e. The maximum atomic E-state index is 12.4. The lowest BCUT2D eigenvalue weighted by molar-refractivity contribution is -0.0240. The summed E-state index contributed by atoms with van der Waals surface area (Å²) in [5.74, 6) is 0. The van der Waals surface area contributed by atoms with E-state index in [-0.39, 0.29) is 18.5 Å². The van der Waals surface area contributed by atoms with Gasteiger partial charge < -0.3 is 9.63 Å². The molecule has 14 nitrogen and oxygen atoms in total. The van der Waals surface area contributed by atoms with Crippen LogP contribution in [0, 0.1) is 6.92 Å². The number of nitrogens with one attached hydrogen (secondary N) is 1. The second-order valence-electron chi connectivity index (χ2n) is 6.78. The van der Waals surface area contributed by atoms with Crippen LogP contribution in [0.5, 0.6) is 0 Å². The zero-order valence-electron chi connectivity index (χ0n) is 17.0. The SMILES string of the molecule is CCN(C(=O)P(=O)(O)OC[C@H]1O[C@@H](n2cc(C)c(=O)[nH]c2=O)C[C@@H]1N=[N+]=[N-])N(C)C. The Hall–Kier alpha value is -2.47. The number of rotatable bonds is 8. The van der Waals surface area contributed by atoms with E-state index in [4.69, 9.17) is 14.8 Å². The maximum absolute atomic E-state index is 12.4. The molecular formula is C15H24N7O7P. The molecule has 0 spiro atoms. The van der Waals surface area contributed by atoms with Crippen LogP contribution in [0.15, 0.2) is 20.9 Å². The third-order valence-electron chi connectivity index (χ3n) is 4.52. The fraction of sp³-hybridized carbons (Fsp3) is 0.667. The summed E-state index contributed by atoms with van der Waals surface area (Å²) in [6, 6.07) is -0.828. The topological polar surface area (TPSA) is 183 Å². The van der Waals surface area contributed by atoms with Crippen LogP contribution in [-0.4, -0.2) is 69.5 Å². The number of aromatic nitrogens is 2. The molecule has 0 radical (unpaired) electrons. The highest BCUT2D eigenvalue weighted by atomic mass is 31.2. The third kappa shape index (κ3) is 5.17. The van der Waals surface area contributed by atoms with E-state index in [1.165, 1.54) is 32.2 Å². The number of nitrogens with zero attached hydrogens (tertiary/aromatic N) is 6. The van der Waals surface area contributed by atoms with E-state index in [2.05, 4.69) is 15.0 Å². The molecule has 0 saturated carbocycles. The molecular weight excluding hydrogens is 421 g/mol. The average molecular weight is 445 g/mol. The predicted molar refractivity (Wildman–Crippen MR) is 105 cm³/mol. The highest BCUT2D eigenvalue weighted by Crippen LogP contribution is 2.46. The Bertz CT molecular complexity index is 1000. The summed E-state index contributed by atoms with van der Waals surface area (Å²) in [5, 5.41) is 5.97. The van der Waals surface area contributed by atoms with Gasteiger partial charge in [0, 0.05) is 43.7 Å². The zero-order valence-corrected chi connectivity index (χ0v) is 17.9. The molecule has 166 valence electrons. The van der Waals surface area contributed by atoms with Gasteiger partial charge in [0.1, 0.15) is 6.23 Å². The lowest BCUT2D eigenvalue weighted by atomic mass is 10.1. The van der Waals surface area contributed by atoms with Crippen molar-refractivity contribution in [2.45, 2.75) is 38.6 Å². The van der Waals surface area contributed by atoms with Crippen molar-refractivity contribution in [1.29, 1.82) is 0 Å². The Morgan fingerprint density at radius 1 is 1.53 bits per heavy atom. The lowest BCUT2D eigenvalue weighted by Crippen LogP contribution is -2.41. The number of carbonyl (C=O) groups is 1. The summed E-state index contributed by atoms with van der Waals surface area (Å²) < 4.78 is 24.2. The molecule has 1 saturated heterocycles. The van der Waals surface area contributed by atoms with Crippen molar-refractivity contribution >= 4 is 13.2 Å². The first kappa shape index (κ1) is 23.8.